The standard InChI is InChI=1S/C10H17ClO/c1-8-6-10(8,7-11)9-4-2-3-5-12-9/h8-9H,2-7H2,1H3. The third-order valence-electron chi connectivity index (χ3n) is 3.58. The Hall–Kier alpha value is 0.250. The largest absolute Gasteiger partial charge is 0.378 e. The van der Waals surface area contributed by atoms with Crippen molar-refractivity contribution < 1.29 is 4.74 Å². The molecule has 1 aliphatic heterocycles. The maximum Gasteiger partial charge on any atom is 0.0645 e. The highest BCUT2D eigenvalue weighted by atomic mass is 35.5. The van der Waals surface area contributed by atoms with Gasteiger partial charge in [0.1, 0.15) is 0 Å². The highest BCUT2D eigenvalue weighted by Gasteiger charge is 2.56. The molecule has 1 saturated heterocycles. The first-order chi connectivity index (χ1) is 5.79. The SMILES string of the molecule is CC1CC1(CCl)C1CCCCO1. The van der Waals surface area contributed by atoms with Gasteiger partial charge in [-0.2, -0.15) is 0 Å². The third kappa shape index (κ3) is 1.27. The molecule has 0 aromatic rings. The molecule has 1 nitrogen and oxygen atoms in total. The monoisotopic (exact) mass is 188 g/mol. The predicted molar refractivity (Wildman–Crippen MR) is 50.5 cm³/mol. The van der Waals surface area contributed by atoms with E-state index in [1.165, 1.54) is 25.7 Å². The van der Waals surface area contributed by atoms with Gasteiger partial charge in [0.15, 0.2) is 0 Å². The van der Waals surface area contributed by atoms with Crippen LogP contribution in [0.1, 0.15) is 32.6 Å². The van der Waals surface area contributed by atoms with Gasteiger partial charge in [-0.3, -0.25) is 0 Å². The van der Waals surface area contributed by atoms with Crippen molar-refractivity contribution in [3.63, 3.8) is 0 Å². The van der Waals surface area contributed by atoms with Crippen molar-refractivity contribution in [1.82, 2.24) is 0 Å². The lowest BCUT2D eigenvalue weighted by Gasteiger charge is -2.30. The molecule has 1 heterocycles. The van der Waals surface area contributed by atoms with Gasteiger partial charge in [0.05, 0.1) is 6.10 Å². The third-order valence-corrected chi connectivity index (χ3v) is 4.07. The highest BCUT2D eigenvalue weighted by Crippen LogP contribution is 2.58. The summed E-state index contributed by atoms with van der Waals surface area (Å²) in [6.07, 6.45) is 5.55. The van der Waals surface area contributed by atoms with Crippen molar-refractivity contribution in [2.75, 3.05) is 12.5 Å². The van der Waals surface area contributed by atoms with E-state index < -0.39 is 0 Å². The zero-order chi connectivity index (χ0) is 8.60. The van der Waals surface area contributed by atoms with Crippen LogP contribution >= 0.6 is 11.6 Å². The number of alkyl halides is 1. The van der Waals surface area contributed by atoms with Crippen LogP contribution < -0.4 is 0 Å². The molecule has 2 fully saturated rings. The van der Waals surface area contributed by atoms with Gasteiger partial charge in [0.25, 0.3) is 0 Å². The summed E-state index contributed by atoms with van der Waals surface area (Å²) in [6, 6.07) is 0. The zero-order valence-electron chi connectivity index (χ0n) is 7.68. The Balaban J connectivity index is 1.97. The molecule has 2 heteroatoms. The van der Waals surface area contributed by atoms with Gasteiger partial charge in [-0.25, -0.2) is 0 Å². The van der Waals surface area contributed by atoms with Gasteiger partial charge in [-0.15, -0.1) is 11.6 Å². The minimum absolute atomic E-state index is 0.363. The van der Waals surface area contributed by atoms with Crippen molar-refractivity contribution in [1.29, 1.82) is 0 Å². The molecule has 0 amide bonds. The Morgan fingerprint density at radius 1 is 1.50 bits per heavy atom. The molecule has 3 atom stereocenters. The van der Waals surface area contributed by atoms with Crippen LogP contribution in [0.3, 0.4) is 0 Å². The average molecular weight is 189 g/mol. The molecule has 3 unspecified atom stereocenters. The summed E-state index contributed by atoms with van der Waals surface area (Å²) in [7, 11) is 0. The quantitative estimate of drug-likeness (QED) is 0.606. The van der Waals surface area contributed by atoms with Gasteiger partial charge in [-0.1, -0.05) is 6.92 Å². The van der Waals surface area contributed by atoms with Crippen molar-refractivity contribution in [2.24, 2.45) is 11.3 Å². The van der Waals surface area contributed by atoms with Crippen LogP contribution in [0.25, 0.3) is 0 Å². The molecule has 12 heavy (non-hydrogen) atoms. The topological polar surface area (TPSA) is 9.23 Å². The van der Waals surface area contributed by atoms with Gasteiger partial charge in [-0.05, 0) is 31.6 Å². The second-order valence-electron chi connectivity index (χ2n) is 4.33. The maximum absolute atomic E-state index is 6.00. The Bertz CT molecular complexity index is 161. The van der Waals surface area contributed by atoms with Gasteiger partial charge in [0, 0.05) is 17.9 Å². The first kappa shape index (κ1) is 8.83. The molecule has 0 N–H and O–H groups in total. The summed E-state index contributed by atoms with van der Waals surface area (Å²) in [5.74, 6) is 1.58. The number of ether oxygens (including phenoxy) is 1. The van der Waals surface area contributed by atoms with E-state index >= 15 is 0 Å². The Kier molecular flexibility index (Phi) is 2.35. The number of rotatable bonds is 2. The second-order valence-corrected chi connectivity index (χ2v) is 4.59. The molecule has 2 rings (SSSR count). The number of hydrogen-bond acceptors (Lipinski definition) is 1. The lowest BCUT2D eigenvalue weighted by molar-refractivity contribution is -0.0281. The van der Waals surface area contributed by atoms with Crippen molar-refractivity contribution in [3.05, 3.63) is 0 Å². The predicted octanol–water partition coefficient (Wildman–Crippen LogP) is 2.82. The fraction of sp³-hybridized carbons (Fsp3) is 1.00. The zero-order valence-corrected chi connectivity index (χ0v) is 8.44. The molecule has 0 aromatic heterocycles. The summed E-state index contributed by atoms with van der Waals surface area (Å²) < 4.78 is 5.78. The van der Waals surface area contributed by atoms with Gasteiger partial charge < -0.3 is 4.74 Å². The normalized spacial score (nSPS) is 47.5. The van der Waals surface area contributed by atoms with Crippen molar-refractivity contribution in [3.8, 4) is 0 Å². The molecule has 0 bridgehead atoms. The molecular formula is C10H17ClO. The Labute approximate surface area is 79.4 Å². The summed E-state index contributed by atoms with van der Waals surface area (Å²) >= 11 is 6.00. The van der Waals surface area contributed by atoms with E-state index in [9.17, 15) is 0 Å². The molecule has 2 aliphatic rings. The fourth-order valence-corrected chi connectivity index (χ4v) is 2.97. The first-order valence-corrected chi connectivity index (χ1v) is 5.50. The van der Waals surface area contributed by atoms with Crippen LogP contribution in [0, 0.1) is 11.3 Å². The van der Waals surface area contributed by atoms with Crippen LogP contribution in [0.2, 0.25) is 0 Å². The minimum atomic E-state index is 0.363. The molecule has 1 aliphatic carbocycles. The fourth-order valence-electron chi connectivity index (χ4n) is 2.43. The average Bonchev–Trinajstić information content (AvgIpc) is 2.80. The van der Waals surface area contributed by atoms with Crippen LogP contribution in [0.4, 0.5) is 0 Å². The smallest absolute Gasteiger partial charge is 0.0645 e. The summed E-state index contributed by atoms with van der Waals surface area (Å²) in [5.41, 5.74) is 0.363. The molecule has 0 spiro atoms. The summed E-state index contributed by atoms with van der Waals surface area (Å²) in [6.45, 7) is 3.25. The minimum Gasteiger partial charge on any atom is -0.378 e. The van der Waals surface area contributed by atoms with Gasteiger partial charge in [0.2, 0.25) is 0 Å². The number of hydrogen-bond donors (Lipinski definition) is 0. The van der Waals surface area contributed by atoms with E-state index in [1.54, 1.807) is 0 Å². The maximum atomic E-state index is 6.00. The Morgan fingerprint density at radius 3 is 2.67 bits per heavy atom. The van der Waals surface area contributed by atoms with E-state index in [0.29, 0.717) is 11.5 Å². The van der Waals surface area contributed by atoms with Crippen LogP contribution in [-0.2, 0) is 4.74 Å². The molecule has 0 radical (unpaired) electrons. The first-order valence-electron chi connectivity index (χ1n) is 4.97. The number of halogens is 1. The van der Waals surface area contributed by atoms with Crippen LogP contribution in [-0.4, -0.2) is 18.6 Å². The highest BCUT2D eigenvalue weighted by molar-refractivity contribution is 6.18. The lowest BCUT2D eigenvalue weighted by atomic mass is 9.92. The molecular weight excluding hydrogens is 172 g/mol. The molecule has 0 aromatic carbocycles. The summed E-state index contributed by atoms with van der Waals surface area (Å²) in [4.78, 5) is 0. The van der Waals surface area contributed by atoms with Crippen molar-refractivity contribution >= 4 is 11.6 Å². The van der Waals surface area contributed by atoms with E-state index in [-0.39, 0.29) is 0 Å². The van der Waals surface area contributed by atoms with E-state index in [4.69, 9.17) is 16.3 Å². The second kappa shape index (κ2) is 3.19. The molecule has 70 valence electrons. The van der Waals surface area contributed by atoms with E-state index in [2.05, 4.69) is 6.92 Å². The molecule has 1 saturated carbocycles. The van der Waals surface area contributed by atoms with Crippen LogP contribution in [0.5, 0.6) is 0 Å². The van der Waals surface area contributed by atoms with Gasteiger partial charge >= 0.3 is 0 Å². The lowest BCUT2D eigenvalue weighted by Crippen LogP contribution is -2.31. The van der Waals surface area contributed by atoms with Crippen LogP contribution in [0.15, 0.2) is 0 Å². The van der Waals surface area contributed by atoms with E-state index in [1.807, 2.05) is 0 Å². The van der Waals surface area contributed by atoms with E-state index in [0.717, 1.165) is 18.4 Å². The summed E-state index contributed by atoms with van der Waals surface area (Å²) in [5, 5.41) is 0. The Morgan fingerprint density at radius 2 is 2.25 bits per heavy atom. The van der Waals surface area contributed by atoms with Crippen molar-refractivity contribution in [2.45, 2.75) is 38.7 Å².